The number of ether oxygens (including phenoxy) is 2. The van der Waals surface area contributed by atoms with Crippen molar-refractivity contribution in [3.05, 3.63) is 29.8 Å². The highest BCUT2D eigenvalue weighted by atomic mass is 16.5. The van der Waals surface area contributed by atoms with Crippen LogP contribution in [0.5, 0.6) is 5.75 Å². The van der Waals surface area contributed by atoms with E-state index >= 15 is 0 Å². The lowest BCUT2D eigenvalue weighted by Gasteiger charge is -2.38. The van der Waals surface area contributed by atoms with E-state index in [0.29, 0.717) is 19.8 Å². The van der Waals surface area contributed by atoms with Gasteiger partial charge in [-0.05, 0) is 37.5 Å². The summed E-state index contributed by atoms with van der Waals surface area (Å²) in [4.78, 5) is 11.8. The van der Waals surface area contributed by atoms with Crippen molar-refractivity contribution in [1.82, 2.24) is 5.32 Å². The van der Waals surface area contributed by atoms with Crippen LogP contribution >= 0.6 is 0 Å². The summed E-state index contributed by atoms with van der Waals surface area (Å²) >= 11 is 0. The van der Waals surface area contributed by atoms with Crippen LogP contribution in [-0.4, -0.2) is 38.8 Å². The monoisotopic (exact) mass is 292 g/mol. The first kappa shape index (κ1) is 15.8. The molecule has 1 aliphatic rings. The van der Waals surface area contributed by atoms with Crippen molar-refractivity contribution in [2.75, 3.05) is 26.9 Å². The molecule has 0 aromatic heterocycles. The van der Waals surface area contributed by atoms with Gasteiger partial charge >= 0.3 is 0 Å². The summed E-state index contributed by atoms with van der Waals surface area (Å²) in [5.41, 5.74) is 6.73. The Morgan fingerprint density at radius 2 is 2.00 bits per heavy atom. The van der Waals surface area contributed by atoms with Crippen LogP contribution in [-0.2, 0) is 14.9 Å². The number of rotatable bonds is 5. The third kappa shape index (κ3) is 3.74. The molecule has 116 valence electrons. The summed E-state index contributed by atoms with van der Waals surface area (Å²) in [5.74, 6) is 0.718. The van der Waals surface area contributed by atoms with Crippen LogP contribution < -0.4 is 15.8 Å². The molecule has 0 radical (unpaired) electrons. The smallest absolute Gasteiger partial charge is 0.236 e. The molecule has 1 saturated heterocycles. The third-order valence-corrected chi connectivity index (χ3v) is 4.17. The van der Waals surface area contributed by atoms with Gasteiger partial charge in [-0.25, -0.2) is 0 Å². The summed E-state index contributed by atoms with van der Waals surface area (Å²) in [7, 11) is 1.65. The van der Waals surface area contributed by atoms with Gasteiger partial charge in [0.2, 0.25) is 5.91 Å². The second-order valence-corrected chi connectivity index (χ2v) is 5.63. The first-order valence-electron chi connectivity index (χ1n) is 7.33. The van der Waals surface area contributed by atoms with Crippen LogP contribution in [0.3, 0.4) is 0 Å². The number of benzene rings is 1. The van der Waals surface area contributed by atoms with E-state index in [0.717, 1.165) is 18.6 Å². The first-order chi connectivity index (χ1) is 10.1. The van der Waals surface area contributed by atoms with E-state index in [-0.39, 0.29) is 11.3 Å². The molecule has 0 bridgehead atoms. The maximum absolute atomic E-state index is 11.8. The van der Waals surface area contributed by atoms with Crippen molar-refractivity contribution in [2.45, 2.75) is 31.2 Å². The van der Waals surface area contributed by atoms with Gasteiger partial charge < -0.3 is 20.5 Å². The fourth-order valence-corrected chi connectivity index (χ4v) is 2.69. The van der Waals surface area contributed by atoms with Crippen molar-refractivity contribution in [2.24, 2.45) is 5.73 Å². The summed E-state index contributed by atoms with van der Waals surface area (Å²) in [6.07, 6.45) is 1.77. The van der Waals surface area contributed by atoms with Crippen molar-refractivity contribution in [1.29, 1.82) is 0 Å². The van der Waals surface area contributed by atoms with Gasteiger partial charge in [-0.2, -0.15) is 0 Å². The van der Waals surface area contributed by atoms with Crippen LogP contribution in [0.4, 0.5) is 0 Å². The quantitative estimate of drug-likeness (QED) is 0.855. The molecule has 1 heterocycles. The van der Waals surface area contributed by atoms with Gasteiger partial charge in [-0.15, -0.1) is 0 Å². The molecule has 1 atom stereocenters. The van der Waals surface area contributed by atoms with Crippen LogP contribution in [0.15, 0.2) is 24.3 Å². The molecule has 1 aromatic carbocycles. The SMILES string of the molecule is COc1ccc(C2(CNC(=O)[C@@H](C)N)CCOCC2)cc1. The standard InChI is InChI=1S/C16H24N2O3/c1-12(17)15(19)18-11-16(7-9-21-10-8-16)13-3-5-14(20-2)6-4-13/h3-6,12H,7-11,17H2,1-2H3,(H,18,19)/t12-/m1/s1. The number of carbonyl (C=O) groups is 1. The largest absolute Gasteiger partial charge is 0.497 e. The predicted octanol–water partition coefficient (Wildman–Crippen LogP) is 1.21. The van der Waals surface area contributed by atoms with Crippen LogP contribution in [0.25, 0.3) is 0 Å². The zero-order valence-electron chi connectivity index (χ0n) is 12.7. The highest BCUT2D eigenvalue weighted by molar-refractivity contribution is 5.81. The topological polar surface area (TPSA) is 73.6 Å². The molecule has 0 unspecified atom stereocenters. The number of carbonyl (C=O) groups excluding carboxylic acids is 1. The molecule has 2 rings (SSSR count). The molecule has 1 aromatic rings. The Labute approximate surface area is 125 Å². The van der Waals surface area contributed by atoms with E-state index < -0.39 is 6.04 Å². The van der Waals surface area contributed by atoms with Crippen molar-refractivity contribution in [3.8, 4) is 5.75 Å². The second kappa shape index (κ2) is 6.91. The molecular weight excluding hydrogens is 268 g/mol. The lowest BCUT2D eigenvalue weighted by atomic mass is 9.74. The van der Waals surface area contributed by atoms with Gasteiger partial charge in [0.25, 0.3) is 0 Å². The second-order valence-electron chi connectivity index (χ2n) is 5.63. The van der Waals surface area contributed by atoms with E-state index in [1.807, 2.05) is 12.1 Å². The maximum atomic E-state index is 11.8. The zero-order valence-corrected chi connectivity index (χ0v) is 12.7. The Hall–Kier alpha value is -1.59. The number of nitrogens with one attached hydrogen (secondary N) is 1. The number of hydrogen-bond donors (Lipinski definition) is 2. The highest BCUT2D eigenvalue weighted by Crippen LogP contribution is 2.35. The van der Waals surface area contributed by atoms with Gasteiger partial charge in [0, 0.05) is 25.2 Å². The normalized spacial score (nSPS) is 18.8. The van der Waals surface area contributed by atoms with Gasteiger partial charge in [0.15, 0.2) is 0 Å². The lowest BCUT2D eigenvalue weighted by molar-refractivity contribution is -0.122. The summed E-state index contributed by atoms with van der Waals surface area (Å²) in [6.45, 7) is 3.70. The first-order valence-corrected chi connectivity index (χ1v) is 7.33. The molecule has 0 aliphatic carbocycles. The Morgan fingerprint density at radius 3 is 2.52 bits per heavy atom. The maximum Gasteiger partial charge on any atom is 0.236 e. The summed E-state index contributed by atoms with van der Waals surface area (Å²) in [5, 5.41) is 2.97. The molecule has 0 spiro atoms. The minimum atomic E-state index is -0.488. The van der Waals surface area contributed by atoms with E-state index in [1.54, 1.807) is 14.0 Å². The van der Waals surface area contributed by atoms with Gasteiger partial charge in [0.05, 0.1) is 13.2 Å². The molecule has 0 saturated carbocycles. The van der Waals surface area contributed by atoms with Gasteiger partial charge in [0.1, 0.15) is 5.75 Å². The third-order valence-electron chi connectivity index (χ3n) is 4.17. The number of amides is 1. The minimum absolute atomic E-state index is 0.0882. The molecule has 1 amide bonds. The van der Waals surface area contributed by atoms with E-state index in [1.165, 1.54) is 5.56 Å². The zero-order chi connectivity index (χ0) is 15.3. The highest BCUT2D eigenvalue weighted by Gasteiger charge is 2.35. The molecular formula is C16H24N2O3. The van der Waals surface area contributed by atoms with E-state index in [4.69, 9.17) is 15.2 Å². The van der Waals surface area contributed by atoms with Crippen LogP contribution in [0.1, 0.15) is 25.3 Å². The average molecular weight is 292 g/mol. The predicted molar refractivity (Wildman–Crippen MR) is 81.4 cm³/mol. The fourth-order valence-electron chi connectivity index (χ4n) is 2.69. The molecule has 3 N–H and O–H groups in total. The van der Waals surface area contributed by atoms with Gasteiger partial charge in [-0.1, -0.05) is 12.1 Å². The summed E-state index contributed by atoms with van der Waals surface area (Å²) in [6, 6.07) is 7.57. The fraction of sp³-hybridized carbons (Fsp3) is 0.562. The van der Waals surface area contributed by atoms with E-state index in [2.05, 4.69) is 17.4 Å². The molecule has 1 fully saturated rings. The van der Waals surface area contributed by atoms with E-state index in [9.17, 15) is 4.79 Å². The van der Waals surface area contributed by atoms with Crippen molar-refractivity contribution >= 4 is 5.91 Å². The lowest BCUT2D eigenvalue weighted by Crippen LogP contribution is -2.48. The average Bonchev–Trinajstić information content (AvgIpc) is 2.53. The number of hydrogen-bond acceptors (Lipinski definition) is 4. The Morgan fingerprint density at radius 1 is 1.38 bits per heavy atom. The van der Waals surface area contributed by atoms with Crippen LogP contribution in [0.2, 0.25) is 0 Å². The summed E-state index contributed by atoms with van der Waals surface area (Å²) < 4.78 is 10.7. The molecule has 21 heavy (non-hydrogen) atoms. The number of nitrogens with two attached hydrogens (primary N) is 1. The van der Waals surface area contributed by atoms with Gasteiger partial charge in [-0.3, -0.25) is 4.79 Å². The Balaban J connectivity index is 2.17. The molecule has 1 aliphatic heterocycles. The molecule has 5 nitrogen and oxygen atoms in total. The minimum Gasteiger partial charge on any atom is -0.497 e. The number of methoxy groups -OCH3 is 1. The molecule has 5 heteroatoms. The van der Waals surface area contributed by atoms with Crippen LogP contribution in [0, 0.1) is 0 Å². The van der Waals surface area contributed by atoms with Crippen molar-refractivity contribution in [3.63, 3.8) is 0 Å². The Kier molecular flexibility index (Phi) is 5.20. The van der Waals surface area contributed by atoms with Crippen molar-refractivity contribution < 1.29 is 14.3 Å². The Bertz CT molecular complexity index is 465.